The number of likely N-dealkylation sites (N-methyl/N-ethyl adjacent to an activating group) is 1. The number of phenols is 1. The first-order valence-electron chi connectivity index (χ1n) is 5.77. The molecule has 0 fully saturated rings. The molecule has 1 atom stereocenters. The van der Waals surface area contributed by atoms with Gasteiger partial charge in [-0.2, -0.15) is 0 Å². The molecule has 0 aliphatic carbocycles. The van der Waals surface area contributed by atoms with Gasteiger partial charge in [0.15, 0.2) is 0 Å². The van der Waals surface area contributed by atoms with Crippen molar-refractivity contribution in [2.24, 2.45) is 0 Å². The van der Waals surface area contributed by atoms with Gasteiger partial charge in [0.2, 0.25) is 5.91 Å². The summed E-state index contributed by atoms with van der Waals surface area (Å²) in [5.74, 6) is 0.315. The fourth-order valence-electron chi connectivity index (χ4n) is 1.57. The molecule has 1 aromatic rings. The summed E-state index contributed by atoms with van der Waals surface area (Å²) in [6.07, 6.45) is 0.894. The van der Waals surface area contributed by atoms with E-state index in [1.807, 2.05) is 12.1 Å². The Morgan fingerprint density at radius 3 is 2.41 bits per heavy atom. The van der Waals surface area contributed by atoms with Crippen LogP contribution in [0.15, 0.2) is 24.3 Å². The zero-order valence-corrected chi connectivity index (χ0v) is 10.6. The number of benzene rings is 1. The van der Waals surface area contributed by atoms with E-state index in [-0.39, 0.29) is 17.7 Å². The molecule has 1 amide bonds. The molecule has 0 heterocycles. The molecule has 0 aromatic heterocycles. The second kappa shape index (κ2) is 6.25. The van der Waals surface area contributed by atoms with E-state index >= 15 is 0 Å². The van der Waals surface area contributed by atoms with Gasteiger partial charge in [-0.25, -0.2) is 0 Å². The van der Waals surface area contributed by atoms with Gasteiger partial charge in [0.25, 0.3) is 0 Å². The number of nitrogens with one attached hydrogen (secondary N) is 1. The SMILES string of the molecule is CCC(NCC(=O)N(C)C)c1ccc(O)cc1. The lowest BCUT2D eigenvalue weighted by atomic mass is 10.0. The average molecular weight is 236 g/mol. The number of rotatable bonds is 5. The van der Waals surface area contributed by atoms with Crippen LogP contribution in [-0.2, 0) is 4.79 Å². The molecule has 17 heavy (non-hydrogen) atoms. The number of carbonyl (C=O) groups is 1. The van der Waals surface area contributed by atoms with Crippen molar-refractivity contribution >= 4 is 5.91 Å². The van der Waals surface area contributed by atoms with E-state index in [4.69, 9.17) is 0 Å². The molecule has 1 rings (SSSR count). The van der Waals surface area contributed by atoms with Crippen molar-refractivity contribution in [3.8, 4) is 5.75 Å². The number of aromatic hydroxyl groups is 1. The molecule has 94 valence electrons. The Kier molecular flexibility index (Phi) is 4.97. The van der Waals surface area contributed by atoms with Crippen LogP contribution in [0, 0.1) is 0 Å². The van der Waals surface area contributed by atoms with E-state index in [0.717, 1.165) is 12.0 Å². The normalized spacial score (nSPS) is 12.2. The second-order valence-corrected chi connectivity index (χ2v) is 4.22. The number of amides is 1. The predicted octanol–water partition coefficient (Wildman–Crippen LogP) is 1.52. The monoisotopic (exact) mass is 236 g/mol. The molecule has 4 nitrogen and oxygen atoms in total. The fraction of sp³-hybridized carbons (Fsp3) is 0.462. The molecule has 0 saturated carbocycles. The molecule has 1 aromatic carbocycles. The van der Waals surface area contributed by atoms with Crippen molar-refractivity contribution in [2.75, 3.05) is 20.6 Å². The van der Waals surface area contributed by atoms with Crippen molar-refractivity contribution < 1.29 is 9.90 Å². The molecule has 1 unspecified atom stereocenters. The van der Waals surface area contributed by atoms with E-state index < -0.39 is 0 Å². The lowest BCUT2D eigenvalue weighted by Crippen LogP contribution is -2.34. The summed E-state index contributed by atoms with van der Waals surface area (Å²) in [5.41, 5.74) is 1.08. The topological polar surface area (TPSA) is 52.6 Å². The number of hydrogen-bond acceptors (Lipinski definition) is 3. The Morgan fingerprint density at radius 1 is 1.35 bits per heavy atom. The first-order valence-corrected chi connectivity index (χ1v) is 5.77. The number of carbonyl (C=O) groups excluding carboxylic acids is 1. The van der Waals surface area contributed by atoms with E-state index in [1.165, 1.54) is 0 Å². The van der Waals surface area contributed by atoms with Crippen LogP contribution >= 0.6 is 0 Å². The highest BCUT2D eigenvalue weighted by molar-refractivity contribution is 5.77. The van der Waals surface area contributed by atoms with E-state index in [0.29, 0.717) is 6.54 Å². The standard InChI is InChI=1S/C13H20N2O2/c1-4-12(14-9-13(17)15(2)3)10-5-7-11(16)8-6-10/h5-8,12,14,16H,4,9H2,1-3H3. The lowest BCUT2D eigenvalue weighted by Gasteiger charge is -2.18. The van der Waals surface area contributed by atoms with E-state index in [9.17, 15) is 9.90 Å². The minimum absolute atomic E-state index is 0.0576. The Morgan fingerprint density at radius 2 is 1.94 bits per heavy atom. The summed E-state index contributed by atoms with van der Waals surface area (Å²) < 4.78 is 0. The fourth-order valence-corrected chi connectivity index (χ4v) is 1.57. The lowest BCUT2D eigenvalue weighted by molar-refractivity contribution is -0.127. The van der Waals surface area contributed by atoms with Crippen LogP contribution in [0.5, 0.6) is 5.75 Å². The summed E-state index contributed by atoms with van der Waals surface area (Å²) in [6.45, 7) is 2.39. The van der Waals surface area contributed by atoms with Gasteiger partial charge in [0, 0.05) is 20.1 Å². The zero-order valence-electron chi connectivity index (χ0n) is 10.6. The maximum absolute atomic E-state index is 11.5. The third-order valence-electron chi connectivity index (χ3n) is 2.70. The molecule has 4 heteroatoms. The third-order valence-corrected chi connectivity index (χ3v) is 2.70. The third kappa shape index (κ3) is 4.07. The highest BCUT2D eigenvalue weighted by atomic mass is 16.3. The van der Waals surface area contributed by atoms with Gasteiger partial charge < -0.3 is 15.3 Å². The van der Waals surface area contributed by atoms with Crippen LogP contribution in [0.1, 0.15) is 24.9 Å². The van der Waals surface area contributed by atoms with E-state index in [2.05, 4.69) is 12.2 Å². The molecular formula is C13H20N2O2. The van der Waals surface area contributed by atoms with Gasteiger partial charge in [-0.05, 0) is 24.1 Å². The van der Waals surface area contributed by atoms with Gasteiger partial charge in [0.1, 0.15) is 5.75 Å². The molecule has 0 aliphatic heterocycles. The van der Waals surface area contributed by atoms with Gasteiger partial charge in [-0.3, -0.25) is 4.79 Å². The van der Waals surface area contributed by atoms with Crippen LogP contribution in [0.25, 0.3) is 0 Å². The van der Waals surface area contributed by atoms with Crippen molar-refractivity contribution in [2.45, 2.75) is 19.4 Å². The highest BCUT2D eigenvalue weighted by Gasteiger charge is 2.11. The summed E-state index contributed by atoms with van der Waals surface area (Å²) in [4.78, 5) is 13.0. The van der Waals surface area contributed by atoms with Gasteiger partial charge >= 0.3 is 0 Å². The van der Waals surface area contributed by atoms with Crippen LogP contribution in [0.4, 0.5) is 0 Å². The van der Waals surface area contributed by atoms with Crippen LogP contribution in [0.3, 0.4) is 0 Å². The number of phenolic OH excluding ortho intramolecular Hbond substituents is 1. The minimum Gasteiger partial charge on any atom is -0.508 e. The molecule has 0 aliphatic rings. The molecule has 0 spiro atoms. The molecule has 2 N–H and O–H groups in total. The maximum Gasteiger partial charge on any atom is 0.236 e. The first kappa shape index (κ1) is 13.5. The molecule has 0 bridgehead atoms. The smallest absolute Gasteiger partial charge is 0.236 e. The van der Waals surface area contributed by atoms with Crippen LogP contribution < -0.4 is 5.32 Å². The summed E-state index contributed by atoms with van der Waals surface area (Å²) >= 11 is 0. The van der Waals surface area contributed by atoms with Crippen molar-refractivity contribution in [3.05, 3.63) is 29.8 Å². The Hall–Kier alpha value is -1.55. The van der Waals surface area contributed by atoms with Crippen LogP contribution in [0.2, 0.25) is 0 Å². The van der Waals surface area contributed by atoms with Gasteiger partial charge in [-0.1, -0.05) is 19.1 Å². The number of hydrogen-bond donors (Lipinski definition) is 2. The minimum atomic E-state index is 0.0576. The van der Waals surface area contributed by atoms with Crippen molar-refractivity contribution in [3.63, 3.8) is 0 Å². The van der Waals surface area contributed by atoms with Crippen molar-refractivity contribution in [1.29, 1.82) is 0 Å². The first-order chi connectivity index (χ1) is 8.04. The van der Waals surface area contributed by atoms with Gasteiger partial charge in [-0.15, -0.1) is 0 Å². The van der Waals surface area contributed by atoms with Crippen molar-refractivity contribution in [1.82, 2.24) is 10.2 Å². The average Bonchev–Trinajstić information content (AvgIpc) is 2.31. The van der Waals surface area contributed by atoms with E-state index in [1.54, 1.807) is 31.1 Å². The quantitative estimate of drug-likeness (QED) is 0.815. The zero-order chi connectivity index (χ0) is 12.8. The molecule has 0 radical (unpaired) electrons. The molecule has 0 saturated heterocycles. The summed E-state index contributed by atoms with van der Waals surface area (Å²) in [6, 6.07) is 7.20. The summed E-state index contributed by atoms with van der Waals surface area (Å²) in [5, 5.41) is 12.4. The van der Waals surface area contributed by atoms with Gasteiger partial charge in [0.05, 0.1) is 6.54 Å². The maximum atomic E-state index is 11.5. The highest BCUT2D eigenvalue weighted by Crippen LogP contribution is 2.19. The largest absolute Gasteiger partial charge is 0.508 e. The predicted molar refractivity (Wildman–Crippen MR) is 67.8 cm³/mol. The Balaban J connectivity index is 2.60. The van der Waals surface area contributed by atoms with Crippen LogP contribution in [-0.4, -0.2) is 36.6 Å². The molecular weight excluding hydrogens is 216 g/mol. The Bertz CT molecular complexity index is 360. The summed E-state index contributed by atoms with van der Waals surface area (Å²) in [7, 11) is 3.48. The Labute approximate surface area is 102 Å². The number of nitrogens with zero attached hydrogens (tertiary/aromatic N) is 1. The second-order valence-electron chi connectivity index (χ2n) is 4.22.